The first-order chi connectivity index (χ1) is 12.4. The van der Waals surface area contributed by atoms with E-state index in [0.29, 0.717) is 0 Å². The minimum Gasteiger partial charge on any atom is -0.444 e. The molecule has 3 atom stereocenters. The van der Waals surface area contributed by atoms with E-state index in [2.05, 4.69) is 0 Å². The van der Waals surface area contributed by atoms with Crippen LogP contribution in [0, 0.1) is 11.3 Å². The summed E-state index contributed by atoms with van der Waals surface area (Å²) >= 11 is 1.11. The van der Waals surface area contributed by atoms with Crippen LogP contribution in [0.2, 0.25) is 0 Å². The molecule has 3 N–H and O–H groups in total. The van der Waals surface area contributed by atoms with Gasteiger partial charge >= 0.3 is 18.0 Å². The second kappa shape index (κ2) is 7.77. The van der Waals surface area contributed by atoms with E-state index >= 15 is 0 Å². The topological polar surface area (TPSA) is 145 Å². The standard InChI is InChI=1S/C16H22N2O8S/c1-7(19)9-11(20)18-10(8(27-12(9)18)5-24-15(17)23)13(21)25-6-26-14(22)16(2,3)4/h7,9,12,19H,5-6H2,1-4H3,(H2,17,23)/t7-,9+,12-/m1/s1. The molecule has 2 amide bonds. The van der Waals surface area contributed by atoms with Gasteiger partial charge in [-0.15, -0.1) is 0 Å². The predicted molar refractivity (Wildman–Crippen MR) is 92.5 cm³/mol. The molecule has 0 aromatic heterocycles. The van der Waals surface area contributed by atoms with Gasteiger partial charge in [0.25, 0.3) is 0 Å². The summed E-state index contributed by atoms with van der Waals surface area (Å²) < 4.78 is 14.5. The Morgan fingerprint density at radius 2 is 1.89 bits per heavy atom. The van der Waals surface area contributed by atoms with Crippen LogP contribution in [0.3, 0.4) is 0 Å². The molecular formula is C16H22N2O8S. The number of esters is 2. The Morgan fingerprint density at radius 3 is 2.41 bits per heavy atom. The third kappa shape index (κ3) is 4.35. The largest absolute Gasteiger partial charge is 0.444 e. The van der Waals surface area contributed by atoms with E-state index in [0.717, 1.165) is 11.8 Å². The fourth-order valence-corrected chi connectivity index (χ4v) is 4.02. The van der Waals surface area contributed by atoms with Gasteiger partial charge in [0.2, 0.25) is 12.7 Å². The number of carbonyl (C=O) groups excluding carboxylic acids is 4. The Kier molecular flexibility index (Phi) is 6.05. The first kappa shape index (κ1) is 21.0. The molecule has 27 heavy (non-hydrogen) atoms. The highest BCUT2D eigenvalue weighted by molar-refractivity contribution is 8.04. The molecule has 0 aromatic rings. The molecule has 0 aliphatic carbocycles. The van der Waals surface area contributed by atoms with Crippen molar-refractivity contribution in [1.82, 2.24) is 4.90 Å². The molecule has 2 rings (SSSR count). The number of rotatable bonds is 6. The van der Waals surface area contributed by atoms with Crippen molar-refractivity contribution in [1.29, 1.82) is 0 Å². The van der Waals surface area contributed by atoms with Gasteiger partial charge in [-0.05, 0) is 27.7 Å². The summed E-state index contributed by atoms with van der Waals surface area (Å²) in [4.78, 5) is 48.7. The summed E-state index contributed by atoms with van der Waals surface area (Å²) in [5.74, 6) is -2.61. The third-order valence-corrected chi connectivity index (χ3v) is 5.24. The number of ether oxygens (including phenoxy) is 3. The molecule has 150 valence electrons. The van der Waals surface area contributed by atoms with Crippen molar-refractivity contribution < 1.29 is 38.5 Å². The minimum atomic E-state index is -1.04. The van der Waals surface area contributed by atoms with Crippen LogP contribution in [0.5, 0.6) is 0 Å². The summed E-state index contributed by atoms with van der Waals surface area (Å²) in [5, 5.41) is 9.23. The monoisotopic (exact) mass is 402 g/mol. The summed E-state index contributed by atoms with van der Waals surface area (Å²) in [6, 6.07) is 0. The highest BCUT2D eigenvalue weighted by Gasteiger charge is 2.58. The van der Waals surface area contributed by atoms with Crippen molar-refractivity contribution in [2.24, 2.45) is 17.1 Å². The lowest BCUT2D eigenvalue weighted by Crippen LogP contribution is -2.60. The normalized spacial score (nSPS) is 22.7. The Balaban J connectivity index is 2.10. The molecule has 2 heterocycles. The smallest absolute Gasteiger partial charge is 0.404 e. The maximum Gasteiger partial charge on any atom is 0.404 e. The average molecular weight is 402 g/mol. The molecule has 0 radical (unpaired) electrons. The van der Waals surface area contributed by atoms with Crippen LogP contribution >= 0.6 is 11.8 Å². The van der Waals surface area contributed by atoms with Crippen molar-refractivity contribution in [3.05, 3.63) is 10.6 Å². The predicted octanol–water partition coefficient (Wildman–Crippen LogP) is 0.295. The molecule has 1 saturated heterocycles. The van der Waals surface area contributed by atoms with Gasteiger partial charge < -0.3 is 25.1 Å². The van der Waals surface area contributed by atoms with Gasteiger partial charge in [0, 0.05) is 0 Å². The Labute approximate surface area is 160 Å². The molecule has 1 fully saturated rings. The summed E-state index contributed by atoms with van der Waals surface area (Å²) in [7, 11) is 0. The molecular weight excluding hydrogens is 380 g/mol. The number of thioether (sulfide) groups is 1. The zero-order chi connectivity index (χ0) is 20.5. The zero-order valence-corrected chi connectivity index (χ0v) is 16.2. The summed E-state index contributed by atoms with van der Waals surface area (Å²) in [6.45, 7) is 5.46. The molecule has 11 heteroatoms. The number of fused-ring (bicyclic) bond motifs is 1. The van der Waals surface area contributed by atoms with Gasteiger partial charge in [0.05, 0.1) is 22.3 Å². The van der Waals surface area contributed by atoms with Gasteiger partial charge in [-0.2, -0.15) is 0 Å². The van der Waals surface area contributed by atoms with Gasteiger partial charge in [-0.3, -0.25) is 14.5 Å². The zero-order valence-electron chi connectivity index (χ0n) is 15.4. The number of hydrogen-bond donors (Lipinski definition) is 2. The van der Waals surface area contributed by atoms with Crippen LogP contribution in [0.4, 0.5) is 4.79 Å². The van der Waals surface area contributed by atoms with Crippen molar-refractivity contribution in [3.63, 3.8) is 0 Å². The first-order valence-electron chi connectivity index (χ1n) is 8.12. The van der Waals surface area contributed by atoms with Crippen molar-refractivity contribution in [2.45, 2.75) is 39.2 Å². The van der Waals surface area contributed by atoms with Crippen LogP contribution < -0.4 is 5.73 Å². The number of aliphatic hydroxyl groups excluding tert-OH is 1. The van der Waals surface area contributed by atoms with Gasteiger partial charge in [-0.25, -0.2) is 9.59 Å². The van der Waals surface area contributed by atoms with Crippen LogP contribution in [0.15, 0.2) is 10.6 Å². The minimum absolute atomic E-state index is 0.111. The fourth-order valence-electron chi connectivity index (χ4n) is 2.50. The van der Waals surface area contributed by atoms with E-state index in [1.807, 2.05) is 0 Å². The number of primary amides is 1. The van der Waals surface area contributed by atoms with Gasteiger partial charge in [0.15, 0.2) is 0 Å². The van der Waals surface area contributed by atoms with E-state index in [4.69, 9.17) is 19.9 Å². The number of β-lactam (4-membered cyclic amide) rings is 1. The van der Waals surface area contributed by atoms with E-state index in [9.17, 15) is 24.3 Å². The lowest BCUT2D eigenvalue weighted by atomic mass is 9.92. The number of hydrogen-bond acceptors (Lipinski definition) is 9. The lowest BCUT2D eigenvalue weighted by molar-refractivity contribution is -0.174. The molecule has 0 aromatic carbocycles. The summed E-state index contributed by atoms with van der Waals surface area (Å²) in [6.07, 6.45) is -1.95. The van der Waals surface area contributed by atoms with Crippen molar-refractivity contribution >= 4 is 35.7 Å². The molecule has 0 saturated carbocycles. The quantitative estimate of drug-likeness (QED) is 0.364. The highest BCUT2D eigenvalue weighted by atomic mass is 32.2. The number of aliphatic hydroxyl groups is 1. The van der Waals surface area contributed by atoms with Crippen molar-refractivity contribution in [2.75, 3.05) is 13.4 Å². The van der Waals surface area contributed by atoms with Crippen LogP contribution in [-0.2, 0) is 28.6 Å². The fraction of sp³-hybridized carbons (Fsp3) is 0.625. The Bertz CT molecular complexity index is 697. The number of nitrogens with zero attached hydrogens (tertiary/aromatic N) is 1. The van der Waals surface area contributed by atoms with Crippen LogP contribution in [0.25, 0.3) is 0 Å². The average Bonchev–Trinajstić information content (AvgIpc) is 2.85. The molecule has 0 unspecified atom stereocenters. The second-order valence-electron chi connectivity index (χ2n) is 7.09. The van der Waals surface area contributed by atoms with E-state index in [-0.39, 0.29) is 17.2 Å². The maximum atomic E-state index is 12.4. The maximum absolute atomic E-state index is 12.4. The number of amides is 2. The highest BCUT2D eigenvalue weighted by Crippen LogP contribution is 2.50. The van der Waals surface area contributed by atoms with E-state index in [1.165, 1.54) is 11.8 Å². The van der Waals surface area contributed by atoms with Gasteiger partial charge in [-0.1, -0.05) is 11.8 Å². The molecule has 2 aliphatic rings. The number of carbonyl (C=O) groups is 4. The SMILES string of the molecule is C[C@@H](O)[C@H]1C(=O)N2C(C(=O)OCOC(=O)C(C)(C)C)=C(COC(N)=O)S[C@H]12. The lowest BCUT2D eigenvalue weighted by Gasteiger charge is -2.43. The van der Waals surface area contributed by atoms with Gasteiger partial charge in [0.1, 0.15) is 17.7 Å². The van der Waals surface area contributed by atoms with E-state index in [1.54, 1.807) is 20.8 Å². The number of nitrogens with two attached hydrogens (primary N) is 1. The molecule has 10 nitrogen and oxygen atoms in total. The molecule has 2 aliphatic heterocycles. The third-order valence-electron chi connectivity index (χ3n) is 3.90. The molecule has 0 spiro atoms. The van der Waals surface area contributed by atoms with Crippen molar-refractivity contribution in [3.8, 4) is 0 Å². The Morgan fingerprint density at radius 1 is 1.26 bits per heavy atom. The van der Waals surface area contributed by atoms with Crippen LogP contribution in [0.1, 0.15) is 27.7 Å². The second-order valence-corrected chi connectivity index (χ2v) is 8.31. The summed E-state index contributed by atoms with van der Waals surface area (Å²) in [5.41, 5.74) is 4.07. The van der Waals surface area contributed by atoms with Crippen LogP contribution in [-0.4, -0.2) is 58.8 Å². The first-order valence-corrected chi connectivity index (χ1v) is 9.00. The van der Waals surface area contributed by atoms with E-state index < -0.39 is 53.5 Å². The molecule has 0 bridgehead atoms. The Hall–Kier alpha value is -2.27.